The standard InChI is InChI=1S/C24H27N5O/c30-24(28-12-4-5-13-28)23-21-18-27(16-20-9-6-11-25-15-20)14-10-22(21)29(26-23)17-19-7-2-1-3-8-19/h1-3,6-9,11,15H,4-5,10,12-14,16-18H2. The smallest absolute Gasteiger partial charge is 0.274 e. The summed E-state index contributed by atoms with van der Waals surface area (Å²) in [5.41, 5.74) is 5.38. The molecule has 4 heterocycles. The molecule has 6 nitrogen and oxygen atoms in total. The minimum Gasteiger partial charge on any atom is -0.337 e. The fourth-order valence-electron chi connectivity index (χ4n) is 4.56. The topological polar surface area (TPSA) is 54.3 Å². The van der Waals surface area contributed by atoms with E-state index in [-0.39, 0.29) is 5.91 Å². The first-order chi connectivity index (χ1) is 14.8. The fraction of sp³-hybridized carbons (Fsp3) is 0.375. The van der Waals surface area contributed by atoms with Crippen molar-refractivity contribution in [3.8, 4) is 0 Å². The van der Waals surface area contributed by atoms with Crippen LogP contribution in [0.15, 0.2) is 54.9 Å². The van der Waals surface area contributed by atoms with Gasteiger partial charge >= 0.3 is 0 Å². The Morgan fingerprint density at radius 1 is 0.933 bits per heavy atom. The van der Waals surface area contributed by atoms with Crippen molar-refractivity contribution in [2.24, 2.45) is 0 Å². The number of rotatable bonds is 5. The van der Waals surface area contributed by atoms with Crippen LogP contribution < -0.4 is 0 Å². The lowest BCUT2D eigenvalue weighted by molar-refractivity contribution is 0.0783. The third-order valence-corrected chi connectivity index (χ3v) is 6.11. The van der Waals surface area contributed by atoms with Gasteiger partial charge in [0.1, 0.15) is 0 Å². The molecule has 6 heteroatoms. The molecule has 0 spiro atoms. The second kappa shape index (κ2) is 8.40. The molecule has 5 rings (SSSR count). The van der Waals surface area contributed by atoms with Gasteiger partial charge in [0.05, 0.1) is 6.54 Å². The lowest BCUT2D eigenvalue weighted by Crippen LogP contribution is -2.33. The second-order valence-corrected chi connectivity index (χ2v) is 8.24. The highest BCUT2D eigenvalue weighted by atomic mass is 16.2. The summed E-state index contributed by atoms with van der Waals surface area (Å²) in [7, 11) is 0. The number of benzene rings is 1. The van der Waals surface area contributed by atoms with E-state index in [1.807, 2.05) is 23.2 Å². The Hall–Kier alpha value is -2.99. The fourth-order valence-corrected chi connectivity index (χ4v) is 4.56. The number of pyridine rings is 1. The normalized spacial score (nSPS) is 16.6. The van der Waals surface area contributed by atoms with E-state index in [0.29, 0.717) is 12.2 Å². The van der Waals surface area contributed by atoms with Crippen molar-refractivity contribution in [3.05, 3.63) is 82.9 Å². The molecule has 1 aromatic carbocycles. The predicted molar refractivity (Wildman–Crippen MR) is 115 cm³/mol. The summed E-state index contributed by atoms with van der Waals surface area (Å²) in [6.07, 6.45) is 6.81. The molecule has 1 amide bonds. The first kappa shape index (κ1) is 19.0. The molecule has 2 aliphatic rings. The second-order valence-electron chi connectivity index (χ2n) is 8.24. The van der Waals surface area contributed by atoms with Gasteiger partial charge in [-0.2, -0.15) is 5.10 Å². The highest BCUT2D eigenvalue weighted by Gasteiger charge is 2.31. The van der Waals surface area contributed by atoms with E-state index < -0.39 is 0 Å². The maximum atomic E-state index is 13.3. The van der Waals surface area contributed by atoms with Crippen LogP contribution in [0.3, 0.4) is 0 Å². The van der Waals surface area contributed by atoms with Crippen molar-refractivity contribution in [3.63, 3.8) is 0 Å². The van der Waals surface area contributed by atoms with Gasteiger partial charge in [0.2, 0.25) is 0 Å². The Morgan fingerprint density at radius 2 is 1.73 bits per heavy atom. The Balaban J connectivity index is 1.45. The maximum Gasteiger partial charge on any atom is 0.274 e. The van der Waals surface area contributed by atoms with Crippen LogP contribution in [-0.2, 0) is 26.1 Å². The molecule has 0 aliphatic carbocycles. The Kier molecular flexibility index (Phi) is 5.32. The molecular weight excluding hydrogens is 374 g/mol. The van der Waals surface area contributed by atoms with Crippen molar-refractivity contribution in [1.82, 2.24) is 24.6 Å². The molecule has 0 N–H and O–H groups in total. The van der Waals surface area contributed by atoms with E-state index in [1.54, 1.807) is 6.20 Å². The third-order valence-electron chi connectivity index (χ3n) is 6.11. The van der Waals surface area contributed by atoms with Crippen LogP contribution in [0.2, 0.25) is 0 Å². The lowest BCUT2D eigenvalue weighted by Gasteiger charge is -2.28. The monoisotopic (exact) mass is 401 g/mol. The lowest BCUT2D eigenvalue weighted by atomic mass is 10.0. The molecule has 0 saturated carbocycles. The summed E-state index contributed by atoms with van der Waals surface area (Å²) in [5.74, 6) is 0.0961. The number of likely N-dealkylation sites (tertiary alicyclic amines) is 1. The molecule has 2 aromatic heterocycles. The predicted octanol–water partition coefficient (Wildman–Crippen LogP) is 3.12. The van der Waals surface area contributed by atoms with Crippen molar-refractivity contribution in [2.45, 2.75) is 38.9 Å². The van der Waals surface area contributed by atoms with Crippen LogP contribution in [0.25, 0.3) is 0 Å². The SMILES string of the molecule is O=C(c1nn(Cc2ccccc2)c2c1CN(Cc1cccnc1)CC2)N1CCCC1. The van der Waals surface area contributed by atoms with Crippen LogP contribution in [0.4, 0.5) is 0 Å². The largest absolute Gasteiger partial charge is 0.337 e. The van der Waals surface area contributed by atoms with E-state index in [4.69, 9.17) is 5.10 Å². The molecule has 1 saturated heterocycles. The summed E-state index contributed by atoms with van der Waals surface area (Å²) in [5, 5.41) is 4.86. The molecule has 154 valence electrons. The number of hydrogen-bond acceptors (Lipinski definition) is 4. The van der Waals surface area contributed by atoms with Gasteiger partial charge in [-0.3, -0.25) is 19.4 Å². The number of hydrogen-bond donors (Lipinski definition) is 0. The van der Waals surface area contributed by atoms with E-state index in [1.165, 1.54) is 16.8 Å². The van der Waals surface area contributed by atoms with Crippen molar-refractivity contribution >= 4 is 5.91 Å². The van der Waals surface area contributed by atoms with E-state index in [2.05, 4.69) is 44.9 Å². The molecule has 0 atom stereocenters. The molecular formula is C24H27N5O. The van der Waals surface area contributed by atoms with Gasteiger partial charge in [0.15, 0.2) is 5.69 Å². The zero-order chi connectivity index (χ0) is 20.3. The van der Waals surface area contributed by atoms with Crippen molar-refractivity contribution < 1.29 is 4.79 Å². The summed E-state index contributed by atoms with van der Waals surface area (Å²) < 4.78 is 2.06. The Bertz CT molecular complexity index is 1010. The minimum atomic E-state index is 0.0961. The molecule has 0 bridgehead atoms. The number of carbonyl (C=O) groups is 1. The molecule has 2 aliphatic heterocycles. The first-order valence-corrected chi connectivity index (χ1v) is 10.8. The summed E-state index contributed by atoms with van der Waals surface area (Å²) in [4.78, 5) is 21.9. The van der Waals surface area contributed by atoms with Crippen LogP contribution in [0.1, 0.15) is 45.7 Å². The van der Waals surface area contributed by atoms with Crippen LogP contribution in [0, 0.1) is 0 Å². The van der Waals surface area contributed by atoms with Crippen molar-refractivity contribution in [2.75, 3.05) is 19.6 Å². The third kappa shape index (κ3) is 3.87. The van der Waals surface area contributed by atoms with Gasteiger partial charge in [-0.05, 0) is 30.0 Å². The quantitative estimate of drug-likeness (QED) is 0.659. The minimum absolute atomic E-state index is 0.0961. The number of nitrogens with zero attached hydrogens (tertiary/aromatic N) is 5. The maximum absolute atomic E-state index is 13.3. The number of fused-ring (bicyclic) bond motifs is 1. The zero-order valence-corrected chi connectivity index (χ0v) is 17.2. The molecule has 1 fully saturated rings. The molecule has 3 aromatic rings. The van der Waals surface area contributed by atoms with Gasteiger partial charge in [0, 0.05) is 62.8 Å². The Labute approximate surface area is 177 Å². The van der Waals surface area contributed by atoms with Gasteiger partial charge in [-0.15, -0.1) is 0 Å². The first-order valence-electron chi connectivity index (χ1n) is 10.8. The van der Waals surface area contributed by atoms with Gasteiger partial charge in [0.25, 0.3) is 5.91 Å². The molecule has 0 unspecified atom stereocenters. The number of amides is 1. The van der Waals surface area contributed by atoms with Crippen LogP contribution in [0.5, 0.6) is 0 Å². The van der Waals surface area contributed by atoms with E-state index in [0.717, 1.165) is 57.5 Å². The van der Waals surface area contributed by atoms with Crippen LogP contribution >= 0.6 is 0 Å². The summed E-state index contributed by atoms with van der Waals surface area (Å²) in [6, 6.07) is 14.5. The summed E-state index contributed by atoms with van der Waals surface area (Å²) in [6.45, 7) is 4.96. The number of carbonyl (C=O) groups excluding carboxylic acids is 1. The van der Waals surface area contributed by atoms with E-state index in [9.17, 15) is 4.79 Å². The van der Waals surface area contributed by atoms with Gasteiger partial charge in [-0.1, -0.05) is 36.4 Å². The van der Waals surface area contributed by atoms with Gasteiger partial charge in [-0.25, -0.2) is 0 Å². The molecule has 0 radical (unpaired) electrons. The van der Waals surface area contributed by atoms with Crippen LogP contribution in [-0.4, -0.2) is 50.1 Å². The highest BCUT2D eigenvalue weighted by Crippen LogP contribution is 2.26. The van der Waals surface area contributed by atoms with Gasteiger partial charge < -0.3 is 4.90 Å². The van der Waals surface area contributed by atoms with Crippen molar-refractivity contribution in [1.29, 1.82) is 0 Å². The molecule has 30 heavy (non-hydrogen) atoms. The number of aromatic nitrogens is 3. The van der Waals surface area contributed by atoms with E-state index >= 15 is 0 Å². The average molecular weight is 402 g/mol. The Morgan fingerprint density at radius 3 is 2.50 bits per heavy atom. The zero-order valence-electron chi connectivity index (χ0n) is 17.2. The highest BCUT2D eigenvalue weighted by molar-refractivity contribution is 5.94. The summed E-state index contributed by atoms with van der Waals surface area (Å²) >= 11 is 0. The average Bonchev–Trinajstić information content (AvgIpc) is 3.44.